The number of nitrogens with zero attached hydrogens (tertiary/aromatic N) is 1. The number of nitro benzene ring substituents is 1. The van der Waals surface area contributed by atoms with Crippen LogP contribution in [-0.2, 0) is 0 Å². The van der Waals surface area contributed by atoms with Gasteiger partial charge in [-0.2, -0.15) is 0 Å². The molecule has 0 atom stereocenters. The number of rotatable bonds is 5. The summed E-state index contributed by atoms with van der Waals surface area (Å²) in [5.41, 5.74) is 0.0187. The van der Waals surface area contributed by atoms with Crippen molar-refractivity contribution in [2.75, 3.05) is 6.61 Å². The number of nitro groups is 1. The molecule has 1 saturated carbocycles. The lowest BCUT2D eigenvalue weighted by atomic mass is 10.3. The highest BCUT2D eigenvalue weighted by Gasteiger charge is 2.22. The highest BCUT2D eigenvalue weighted by Crippen LogP contribution is 2.34. The first-order chi connectivity index (χ1) is 7.66. The molecule has 5 heteroatoms. The zero-order chi connectivity index (χ0) is 11.5. The molecule has 0 aromatic heterocycles. The molecule has 2 rings (SSSR count). The van der Waals surface area contributed by atoms with Gasteiger partial charge in [0.15, 0.2) is 5.75 Å². The van der Waals surface area contributed by atoms with E-state index in [9.17, 15) is 10.1 Å². The summed E-state index contributed by atoms with van der Waals surface area (Å²) >= 11 is 3.21. The maximum Gasteiger partial charge on any atom is 0.312 e. The van der Waals surface area contributed by atoms with Crippen LogP contribution in [0.5, 0.6) is 5.75 Å². The summed E-state index contributed by atoms with van der Waals surface area (Å²) in [7, 11) is 0. The van der Waals surface area contributed by atoms with Gasteiger partial charge in [-0.1, -0.05) is 28.8 Å². The Balaban J connectivity index is 2.02. The quantitative estimate of drug-likeness (QED) is 0.614. The van der Waals surface area contributed by atoms with E-state index in [2.05, 4.69) is 15.9 Å². The van der Waals surface area contributed by atoms with Crippen LogP contribution in [0, 0.1) is 16.0 Å². The van der Waals surface area contributed by atoms with Crippen LogP contribution in [0.15, 0.2) is 22.7 Å². The normalized spacial score (nSPS) is 14.8. The van der Waals surface area contributed by atoms with Gasteiger partial charge >= 0.3 is 5.69 Å². The van der Waals surface area contributed by atoms with Crippen molar-refractivity contribution in [3.05, 3.63) is 32.8 Å². The van der Waals surface area contributed by atoms with Crippen molar-refractivity contribution in [3.8, 4) is 5.75 Å². The molecule has 1 fully saturated rings. The SMILES string of the molecule is O=[N+]([O-])c1cc(Br)ccc1OCCC1CC1. The summed E-state index contributed by atoms with van der Waals surface area (Å²) in [5.74, 6) is 1.13. The average Bonchev–Trinajstić information content (AvgIpc) is 3.04. The fourth-order valence-corrected chi connectivity index (χ4v) is 1.85. The standard InChI is InChI=1S/C11H12BrNO3/c12-9-3-4-11(10(7-9)13(14)15)16-6-5-8-1-2-8/h3-4,7-8H,1-2,5-6H2. The van der Waals surface area contributed by atoms with E-state index in [-0.39, 0.29) is 5.69 Å². The van der Waals surface area contributed by atoms with E-state index >= 15 is 0 Å². The first kappa shape index (κ1) is 11.4. The van der Waals surface area contributed by atoms with E-state index < -0.39 is 4.92 Å². The van der Waals surface area contributed by atoms with E-state index in [1.54, 1.807) is 12.1 Å². The van der Waals surface area contributed by atoms with Crippen LogP contribution >= 0.6 is 15.9 Å². The molecule has 1 aromatic carbocycles. The molecular formula is C11H12BrNO3. The first-order valence-electron chi connectivity index (χ1n) is 5.23. The Morgan fingerprint density at radius 2 is 2.25 bits per heavy atom. The Morgan fingerprint density at radius 1 is 1.50 bits per heavy atom. The van der Waals surface area contributed by atoms with Crippen molar-refractivity contribution in [1.82, 2.24) is 0 Å². The van der Waals surface area contributed by atoms with Gasteiger partial charge in [0.2, 0.25) is 0 Å². The number of hydrogen-bond acceptors (Lipinski definition) is 3. The Bertz CT molecular complexity index is 404. The lowest BCUT2D eigenvalue weighted by molar-refractivity contribution is -0.385. The van der Waals surface area contributed by atoms with Crippen molar-refractivity contribution >= 4 is 21.6 Å². The summed E-state index contributed by atoms with van der Waals surface area (Å²) in [5, 5.41) is 10.8. The van der Waals surface area contributed by atoms with Crippen molar-refractivity contribution in [3.63, 3.8) is 0 Å². The maximum atomic E-state index is 10.8. The summed E-state index contributed by atoms with van der Waals surface area (Å²) in [4.78, 5) is 10.4. The van der Waals surface area contributed by atoms with E-state index in [0.29, 0.717) is 16.8 Å². The summed E-state index contributed by atoms with van der Waals surface area (Å²) < 4.78 is 6.13. The molecule has 0 saturated heterocycles. The number of hydrogen-bond donors (Lipinski definition) is 0. The molecule has 1 aliphatic carbocycles. The fraction of sp³-hybridized carbons (Fsp3) is 0.455. The fourth-order valence-electron chi connectivity index (χ4n) is 1.50. The molecule has 0 bridgehead atoms. The van der Waals surface area contributed by atoms with E-state index in [1.807, 2.05) is 0 Å². The van der Waals surface area contributed by atoms with Gasteiger partial charge in [0.1, 0.15) is 0 Å². The third-order valence-corrected chi connectivity index (χ3v) is 3.09. The third kappa shape index (κ3) is 2.95. The second kappa shape index (κ2) is 4.82. The number of ether oxygens (including phenoxy) is 1. The van der Waals surface area contributed by atoms with Crippen molar-refractivity contribution in [2.45, 2.75) is 19.3 Å². The largest absolute Gasteiger partial charge is 0.487 e. The topological polar surface area (TPSA) is 52.4 Å². The van der Waals surface area contributed by atoms with Crippen LogP contribution in [0.25, 0.3) is 0 Å². The lowest BCUT2D eigenvalue weighted by Gasteiger charge is -2.06. The minimum Gasteiger partial charge on any atom is -0.487 e. The van der Waals surface area contributed by atoms with Crippen LogP contribution in [0.3, 0.4) is 0 Å². The van der Waals surface area contributed by atoms with Gasteiger partial charge in [0.05, 0.1) is 11.5 Å². The summed E-state index contributed by atoms with van der Waals surface area (Å²) in [6, 6.07) is 4.85. The molecule has 0 heterocycles. The van der Waals surface area contributed by atoms with Crippen LogP contribution < -0.4 is 4.74 Å². The minimum absolute atomic E-state index is 0.0187. The summed E-state index contributed by atoms with van der Waals surface area (Å²) in [6.45, 7) is 0.563. The molecule has 0 radical (unpaired) electrons. The Hall–Kier alpha value is -1.10. The molecule has 0 unspecified atom stereocenters. The summed E-state index contributed by atoms with van der Waals surface area (Å²) in [6.07, 6.45) is 3.53. The van der Waals surface area contributed by atoms with Gasteiger partial charge in [0.25, 0.3) is 0 Å². The zero-order valence-corrected chi connectivity index (χ0v) is 10.3. The molecular weight excluding hydrogens is 274 g/mol. The Morgan fingerprint density at radius 3 is 2.88 bits per heavy atom. The van der Waals surface area contributed by atoms with Crippen LogP contribution in [0.2, 0.25) is 0 Å². The average molecular weight is 286 g/mol. The maximum absolute atomic E-state index is 10.8. The van der Waals surface area contributed by atoms with Gasteiger partial charge in [-0.15, -0.1) is 0 Å². The molecule has 0 aliphatic heterocycles. The molecule has 0 spiro atoms. The van der Waals surface area contributed by atoms with Gasteiger partial charge in [-0.3, -0.25) is 10.1 Å². The van der Waals surface area contributed by atoms with Crippen molar-refractivity contribution < 1.29 is 9.66 Å². The highest BCUT2D eigenvalue weighted by atomic mass is 79.9. The lowest BCUT2D eigenvalue weighted by Crippen LogP contribution is -2.01. The molecule has 0 N–H and O–H groups in total. The molecule has 16 heavy (non-hydrogen) atoms. The minimum atomic E-state index is -0.419. The third-order valence-electron chi connectivity index (χ3n) is 2.60. The van der Waals surface area contributed by atoms with Gasteiger partial charge in [-0.25, -0.2) is 0 Å². The van der Waals surface area contributed by atoms with Gasteiger partial charge in [-0.05, 0) is 24.5 Å². The molecule has 1 aliphatic rings. The van der Waals surface area contributed by atoms with Crippen molar-refractivity contribution in [1.29, 1.82) is 0 Å². The predicted molar refractivity (Wildman–Crippen MR) is 63.6 cm³/mol. The monoisotopic (exact) mass is 285 g/mol. The number of benzene rings is 1. The molecule has 4 nitrogen and oxygen atoms in total. The predicted octanol–water partition coefficient (Wildman–Crippen LogP) is 3.54. The second-order valence-corrected chi connectivity index (χ2v) is 4.87. The first-order valence-corrected chi connectivity index (χ1v) is 6.03. The van der Waals surface area contributed by atoms with E-state index in [4.69, 9.17) is 4.74 Å². The van der Waals surface area contributed by atoms with Gasteiger partial charge in [0, 0.05) is 10.5 Å². The van der Waals surface area contributed by atoms with Crippen LogP contribution in [0.1, 0.15) is 19.3 Å². The second-order valence-electron chi connectivity index (χ2n) is 3.95. The highest BCUT2D eigenvalue weighted by molar-refractivity contribution is 9.10. The molecule has 0 amide bonds. The zero-order valence-electron chi connectivity index (χ0n) is 8.69. The van der Waals surface area contributed by atoms with E-state index in [0.717, 1.165) is 12.3 Å². The smallest absolute Gasteiger partial charge is 0.312 e. The van der Waals surface area contributed by atoms with Crippen molar-refractivity contribution in [2.24, 2.45) is 5.92 Å². The Labute approximate surface area is 102 Å². The molecule has 1 aromatic rings. The van der Waals surface area contributed by atoms with Crippen LogP contribution in [-0.4, -0.2) is 11.5 Å². The Kier molecular flexibility index (Phi) is 3.43. The van der Waals surface area contributed by atoms with E-state index in [1.165, 1.54) is 18.9 Å². The van der Waals surface area contributed by atoms with Gasteiger partial charge < -0.3 is 4.74 Å². The number of halogens is 1. The van der Waals surface area contributed by atoms with Crippen LogP contribution in [0.4, 0.5) is 5.69 Å². The molecule has 86 valence electrons.